The first kappa shape index (κ1) is 21.0. The van der Waals surface area contributed by atoms with Gasteiger partial charge in [0, 0.05) is 24.2 Å². The first-order valence-electron chi connectivity index (χ1n) is 8.87. The van der Waals surface area contributed by atoms with Crippen LogP contribution in [0.1, 0.15) is 18.9 Å². The highest BCUT2D eigenvalue weighted by Gasteiger charge is 2.37. The van der Waals surface area contributed by atoms with Gasteiger partial charge in [-0.05, 0) is 35.9 Å². The van der Waals surface area contributed by atoms with Crippen molar-refractivity contribution in [3.63, 3.8) is 0 Å². The molecule has 1 amide bonds. The molecule has 0 saturated carbocycles. The number of hydrogen-bond acceptors (Lipinski definition) is 2. The molecule has 1 heterocycles. The Labute approximate surface area is 169 Å². The molecule has 1 N–H and O–H groups in total. The first-order valence-corrected chi connectivity index (χ1v) is 9.24. The number of carbonyl (C=O) groups is 1. The Kier molecular flexibility index (Phi) is 5.75. The van der Waals surface area contributed by atoms with Gasteiger partial charge in [-0.2, -0.15) is 13.2 Å². The normalized spacial score (nSPS) is 12.9. The highest BCUT2D eigenvalue weighted by Crippen LogP contribution is 2.28. The minimum absolute atomic E-state index is 0.270. The van der Waals surface area contributed by atoms with Gasteiger partial charge >= 0.3 is 6.18 Å². The number of nitrogens with one attached hydrogen (secondary N) is 1. The van der Waals surface area contributed by atoms with Crippen LogP contribution in [0, 0.1) is 5.92 Å². The van der Waals surface area contributed by atoms with E-state index in [1.54, 1.807) is 36.0 Å². The minimum Gasteiger partial charge on any atom is -0.326 e. The van der Waals surface area contributed by atoms with Gasteiger partial charge in [0.1, 0.15) is 0 Å². The van der Waals surface area contributed by atoms with Crippen molar-refractivity contribution in [3.8, 4) is 0 Å². The second-order valence-corrected chi connectivity index (χ2v) is 7.38. The van der Waals surface area contributed by atoms with Crippen LogP contribution in [0.5, 0.6) is 0 Å². The summed E-state index contributed by atoms with van der Waals surface area (Å²) in [5.74, 6) is -2.51. The van der Waals surface area contributed by atoms with Gasteiger partial charge in [0.25, 0.3) is 5.56 Å². The standard InChI is InChI=1S/C20H19ClF3N3O2/c1-12(20(22,23)24)9-18(28)25-15-7-8-17-16(10-15)19(29)26(2)27(17)11-13-3-5-14(21)6-4-13/h3-8,10,12H,9,11H2,1-2H3,(H,25,28). The molecule has 1 unspecified atom stereocenters. The van der Waals surface area contributed by atoms with Gasteiger partial charge in [-0.25, -0.2) is 0 Å². The predicted octanol–water partition coefficient (Wildman–Crippen LogP) is 4.57. The van der Waals surface area contributed by atoms with Gasteiger partial charge < -0.3 is 5.32 Å². The molecule has 0 fully saturated rings. The summed E-state index contributed by atoms with van der Waals surface area (Å²) in [5, 5.41) is 3.41. The van der Waals surface area contributed by atoms with Crippen molar-refractivity contribution in [1.82, 2.24) is 9.36 Å². The highest BCUT2D eigenvalue weighted by molar-refractivity contribution is 6.30. The van der Waals surface area contributed by atoms with Crippen LogP contribution in [0.4, 0.5) is 18.9 Å². The van der Waals surface area contributed by atoms with Gasteiger partial charge in [-0.1, -0.05) is 30.7 Å². The van der Waals surface area contributed by atoms with Crippen molar-refractivity contribution in [2.75, 3.05) is 5.32 Å². The lowest BCUT2D eigenvalue weighted by Crippen LogP contribution is -2.25. The molecule has 0 saturated heterocycles. The van der Waals surface area contributed by atoms with E-state index >= 15 is 0 Å². The molecular formula is C20H19ClF3N3O2. The fourth-order valence-corrected chi connectivity index (χ4v) is 3.14. The molecule has 0 aliphatic carbocycles. The van der Waals surface area contributed by atoms with Crippen LogP contribution in [0.2, 0.25) is 5.02 Å². The number of benzene rings is 2. The van der Waals surface area contributed by atoms with Crippen LogP contribution in [0.3, 0.4) is 0 Å². The molecule has 3 rings (SSSR count). The lowest BCUT2D eigenvalue weighted by molar-refractivity contribution is -0.173. The third kappa shape index (κ3) is 4.64. The predicted molar refractivity (Wildman–Crippen MR) is 106 cm³/mol. The Hall–Kier alpha value is -2.74. The maximum Gasteiger partial charge on any atom is 0.392 e. The van der Waals surface area contributed by atoms with E-state index in [-0.39, 0.29) is 11.2 Å². The maximum atomic E-state index is 12.6. The van der Waals surface area contributed by atoms with Gasteiger partial charge in [0.2, 0.25) is 5.91 Å². The van der Waals surface area contributed by atoms with E-state index in [0.717, 1.165) is 12.5 Å². The molecule has 29 heavy (non-hydrogen) atoms. The third-order valence-electron chi connectivity index (χ3n) is 4.74. The van der Waals surface area contributed by atoms with Crippen molar-refractivity contribution in [2.24, 2.45) is 13.0 Å². The number of anilines is 1. The summed E-state index contributed by atoms with van der Waals surface area (Å²) >= 11 is 5.90. The molecular weight excluding hydrogens is 407 g/mol. The van der Waals surface area contributed by atoms with Gasteiger partial charge in [-0.15, -0.1) is 0 Å². The summed E-state index contributed by atoms with van der Waals surface area (Å²) in [4.78, 5) is 24.5. The summed E-state index contributed by atoms with van der Waals surface area (Å²) in [5.41, 5.74) is 1.60. The minimum atomic E-state index is -4.43. The van der Waals surface area contributed by atoms with Crippen LogP contribution < -0.4 is 10.9 Å². The first-order chi connectivity index (χ1) is 13.6. The number of hydrogen-bond donors (Lipinski definition) is 1. The van der Waals surface area contributed by atoms with Gasteiger partial charge in [-0.3, -0.25) is 19.0 Å². The average Bonchev–Trinajstić information content (AvgIpc) is 2.87. The van der Waals surface area contributed by atoms with E-state index in [1.807, 2.05) is 12.1 Å². The maximum absolute atomic E-state index is 12.6. The van der Waals surface area contributed by atoms with E-state index in [4.69, 9.17) is 11.6 Å². The van der Waals surface area contributed by atoms with E-state index in [1.165, 1.54) is 10.7 Å². The third-order valence-corrected chi connectivity index (χ3v) is 4.99. The van der Waals surface area contributed by atoms with Crippen molar-refractivity contribution < 1.29 is 18.0 Å². The van der Waals surface area contributed by atoms with Crippen LogP contribution in [0.25, 0.3) is 10.9 Å². The fourth-order valence-electron chi connectivity index (χ4n) is 3.02. The monoisotopic (exact) mass is 425 g/mol. The lowest BCUT2D eigenvalue weighted by atomic mass is 10.1. The molecule has 5 nitrogen and oxygen atoms in total. The van der Waals surface area contributed by atoms with Crippen molar-refractivity contribution in [1.29, 1.82) is 0 Å². The molecule has 154 valence electrons. The molecule has 0 radical (unpaired) electrons. The fraction of sp³-hybridized carbons (Fsp3) is 0.300. The molecule has 1 aromatic heterocycles. The Balaban J connectivity index is 1.85. The van der Waals surface area contributed by atoms with Crippen LogP contribution in [-0.2, 0) is 18.4 Å². The number of fused-ring (bicyclic) bond motifs is 1. The van der Waals surface area contributed by atoms with E-state index in [0.29, 0.717) is 22.5 Å². The number of alkyl halides is 3. The van der Waals surface area contributed by atoms with Gasteiger partial charge in [0.15, 0.2) is 0 Å². The van der Waals surface area contributed by atoms with Crippen molar-refractivity contribution >= 4 is 34.1 Å². The van der Waals surface area contributed by atoms with E-state index in [2.05, 4.69) is 5.32 Å². The summed E-state index contributed by atoms with van der Waals surface area (Å²) in [6.07, 6.45) is -5.12. The van der Waals surface area contributed by atoms with Crippen LogP contribution in [-0.4, -0.2) is 21.4 Å². The quantitative estimate of drug-likeness (QED) is 0.651. The molecule has 0 bridgehead atoms. The molecule has 0 aliphatic heterocycles. The molecule has 0 aliphatic rings. The number of rotatable bonds is 5. The molecule has 2 aromatic carbocycles. The molecule has 0 spiro atoms. The molecule has 9 heteroatoms. The number of halogens is 4. The average molecular weight is 426 g/mol. The van der Waals surface area contributed by atoms with Crippen LogP contribution in [0.15, 0.2) is 47.3 Å². The largest absolute Gasteiger partial charge is 0.392 e. The van der Waals surface area contributed by atoms with E-state index < -0.39 is 24.4 Å². The second kappa shape index (κ2) is 7.94. The zero-order chi connectivity index (χ0) is 21.3. The topological polar surface area (TPSA) is 56.0 Å². The Morgan fingerprint density at radius 1 is 1.17 bits per heavy atom. The second-order valence-electron chi connectivity index (χ2n) is 6.94. The lowest BCUT2D eigenvalue weighted by Gasteiger charge is -2.15. The highest BCUT2D eigenvalue weighted by atomic mass is 35.5. The van der Waals surface area contributed by atoms with Crippen molar-refractivity contribution in [2.45, 2.75) is 26.1 Å². The molecule has 1 atom stereocenters. The number of amides is 1. The number of aromatic nitrogens is 2. The number of nitrogens with zero attached hydrogens (tertiary/aromatic N) is 2. The Morgan fingerprint density at radius 3 is 2.45 bits per heavy atom. The van der Waals surface area contributed by atoms with Crippen molar-refractivity contribution in [3.05, 3.63) is 63.4 Å². The summed E-state index contributed by atoms with van der Waals surface area (Å²) < 4.78 is 41.1. The zero-order valence-corrected chi connectivity index (χ0v) is 16.5. The zero-order valence-electron chi connectivity index (χ0n) is 15.8. The summed E-state index contributed by atoms with van der Waals surface area (Å²) in [6.45, 7) is 1.39. The smallest absolute Gasteiger partial charge is 0.326 e. The van der Waals surface area contributed by atoms with E-state index in [9.17, 15) is 22.8 Å². The SMILES string of the molecule is CC(CC(=O)Nc1ccc2c(c1)c(=O)n(C)n2Cc1ccc(Cl)cc1)C(F)(F)F. The number of carbonyl (C=O) groups excluding carboxylic acids is 1. The summed E-state index contributed by atoms with van der Waals surface area (Å²) in [7, 11) is 1.63. The molecule has 3 aromatic rings. The Bertz CT molecular complexity index is 1100. The summed E-state index contributed by atoms with van der Waals surface area (Å²) in [6, 6.07) is 11.9. The van der Waals surface area contributed by atoms with Crippen LogP contribution >= 0.6 is 11.6 Å². The Morgan fingerprint density at radius 2 is 1.83 bits per heavy atom. The van der Waals surface area contributed by atoms with Gasteiger partial charge in [0.05, 0.1) is 23.4 Å².